The summed E-state index contributed by atoms with van der Waals surface area (Å²) in [6.07, 6.45) is 2.76. The average molecular weight is 381 g/mol. The third kappa shape index (κ3) is 3.60. The summed E-state index contributed by atoms with van der Waals surface area (Å²) in [4.78, 5) is 14.5. The van der Waals surface area contributed by atoms with Gasteiger partial charge in [0.2, 0.25) is 0 Å². The number of amides is 2. The molecule has 4 rings (SSSR count). The molecule has 2 N–H and O–H groups in total. The van der Waals surface area contributed by atoms with Crippen molar-refractivity contribution >= 4 is 22.6 Å². The van der Waals surface area contributed by atoms with Crippen molar-refractivity contribution < 1.29 is 14.3 Å². The standard InChI is InChI=1S/C22H24FN3O2/c1-25-12-9-15-3-2-4-19(20(15)25)24-22(28)26-13-10-17(11-14-26)21(27)16-5-7-18(23)8-6-16/h2-9,12,17,21,27H,10-11,13-14H2,1H3,(H,24,28). The van der Waals surface area contributed by atoms with Crippen LogP contribution < -0.4 is 5.32 Å². The van der Waals surface area contributed by atoms with Gasteiger partial charge in [-0.05, 0) is 48.6 Å². The number of piperidine rings is 1. The Morgan fingerprint density at radius 2 is 1.86 bits per heavy atom. The number of aliphatic hydroxyl groups is 1. The molecule has 28 heavy (non-hydrogen) atoms. The van der Waals surface area contributed by atoms with E-state index in [4.69, 9.17) is 0 Å². The molecule has 2 amide bonds. The van der Waals surface area contributed by atoms with Gasteiger partial charge in [0, 0.05) is 31.7 Å². The minimum Gasteiger partial charge on any atom is -0.388 e. The number of anilines is 1. The second-order valence-electron chi connectivity index (χ2n) is 7.42. The molecule has 1 unspecified atom stereocenters. The number of nitrogens with zero attached hydrogens (tertiary/aromatic N) is 2. The van der Waals surface area contributed by atoms with Crippen LogP contribution in [0.4, 0.5) is 14.9 Å². The number of benzene rings is 2. The van der Waals surface area contributed by atoms with Gasteiger partial charge in [-0.25, -0.2) is 9.18 Å². The molecular formula is C22H24FN3O2. The summed E-state index contributed by atoms with van der Waals surface area (Å²) < 4.78 is 15.1. The smallest absolute Gasteiger partial charge is 0.321 e. The van der Waals surface area contributed by atoms with Crippen molar-refractivity contribution in [3.05, 3.63) is 66.1 Å². The summed E-state index contributed by atoms with van der Waals surface area (Å²) in [5, 5.41) is 14.7. The Labute approximate surface area is 163 Å². The molecule has 1 aliphatic heterocycles. The zero-order valence-corrected chi connectivity index (χ0v) is 15.8. The highest BCUT2D eigenvalue weighted by atomic mass is 19.1. The number of hydrogen-bond donors (Lipinski definition) is 2. The van der Waals surface area contributed by atoms with Crippen LogP contribution in [0.2, 0.25) is 0 Å². The Bertz CT molecular complexity index is 975. The average Bonchev–Trinajstić information content (AvgIpc) is 3.10. The minimum absolute atomic E-state index is 0.0609. The maximum Gasteiger partial charge on any atom is 0.321 e. The number of carbonyl (C=O) groups excluding carboxylic acids is 1. The van der Waals surface area contributed by atoms with Crippen molar-refractivity contribution in [2.45, 2.75) is 18.9 Å². The van der Waals surface area contributed by atoms with Crippen LogP contribution in [-0.2, 0) is 7.05 Å². The van der Waals surface area contributed by atoms with Crippen molar-refractivity contribution in [1.29, 1.82) is 0 Å². The summed E-state index contributed by atoms with van der Waals surface area (Å²) in [6, 6.07) is 13.7. The summed E-state index contributed by atoms with van der Waals surface area (Å²) in [6.45, 7) is 1.16. The normalized spacial score (nSPS) is 16.3. The van der Waals surface area contributed by atoms with Gasteiger partial charge in [0.05, 0.1) is 17.3 Å². The minimum atomic E-state index is -0.636. The van der Waals surface area contributed by atoms with E-state index in [-0.39, 0.29) is 17.8 Å². The first kappa shape index (κ1) is 18.5. The lowest BCUT2D eigenvalue weighted by Gasteiger charge is -2.34. The number of para-hydroxylation sites is 1. The van der Waals surface area contributed by atoms with Gasteiger partial charge in [0.25, 0.3) is 0 Å². The van der Waals surface area contributed by atoms with Gasteiger partial charge in [-0.15, -0.1) is 0 Å². The van der Waals surface area contributed by atoms with Crippen LogP contribution in [0.5, 0.6) is 0 Å². The first-order valence-corrected chi connectivity index (χ1v) is 9.56. The molecule has 1 aromatic heterocycles. The van der Waals surface area contributed by atoms with Gasteiger partial charge in [-0.1, -0.05) is 24.3 Å². The molecule has 2 aromatic carbocycles. The molecule has 0 aliphatic carbocycles. The van der Waals surface area contributed by atoms with Crippen LogP contribution in [0.3, 0.4) is 0 Å². The first-order chi connectivity index (χ1) is 13.5. The molecule has 1 saturated heterocycles. The zero-order chi connectivity index (χ0) is 19.7. The number of aryl methyl sites for hydroxylation is 1. The number of likely N-dealkylation sites (tertiary alicyclic amines) is 1. The highest BCUT2D eigenvalue weighted by Gasteiger charge is 2.28. The molecular weight excluding hydrogens is 357 g/mol. The predicted molar refractivity (Wildman–Crippen MR) is 108 cm³/mol. The van der Waals surface area contributed by atoms with Crippen LogP contribution >= 0.6 is 0 Å². The highest BCUT2D eigenvalue weighted by Crippen LogP contribution is 2.31. The Morgan fingerprint density at radius 3 is 2.57 bits per heavy atom. The lowest BCUT2D eigenvalue weighted by Crippen LogP contribution is -2.42. The Hall–Kier alpha value is -2.86. The van der Waals surface area contributed by atoms with Crippen LogP contribution in [-0.4, -0.2) is 33.7 Å². The van der Waals surface area contributed by atoms with Gasteiger partial charge >= 0.3 is 6.03 Å². The van der Waals surface area contributed by atoms with Gasteiger partial charge < -0.3 is 19.9 Å². The Balaban J connectivity index is 1.38. The molecule has 1 aliphatic rings. The maximum atomic E-state index is 13.1. The second kappa shape index (κ2) is 7.64. The molecule has 0 bridgehead atoms. The SMILES string of the molecule is Cn1ccc2cccc(NC(=O)N3CCC(C(O)c4ccc(F)cc4)CC3)c21. The van der Waals surface area contributed by atoms with E-state index >= 15 is 0 Å². The molecule has 5 nitrogen and oxygen atoms in total. The number of urea groups is 1. The number of aliphatic hydroxyl groups excluding tert-OH is 1. The van der Waals surface area contributed by atoms with Gasteiger partial charge in [-0.2, -0.15) is 0 Å². The summed E-state index contributed by atoms with van der Waals surface area (Å²) in [7, 11) is 1.96. The van der Waals surface area contributed by atoms with E-state index in [1.165, 1.54) is 12.1 Å². The van der Waals surface area contributed by atoms with E-state index in [9.17, 15) is 14.3 Å². The van der Waals surface area contributed by atoms with Crippen LogP contribution in [0.1, 0.15) is 24.5 Å². The van der Waals surface area contributed by atoms with E-state index < -0.39 is 6.10 Å². The quantitative estimate of drug-likeness (QED) is 0.711. The largest absolute Gasteiger partial charge is 0.388 e. The lowest BCUT2D eigenvalue weighted by atomic mass is 9.87. The van der Waals surface area contributed by atoms with Crippen LogP contribution in [0, 0.1) is 11.7 Å². The van der Waals surface area contributed by atoms with E-state index in [1.54, 1.807) is 17.0 Å². The van der Waals surface area contributed by atoms with E-state index in [0.717, 1.165) is 22.2 Å². The van der Waals surface area contributed by atoms with Crippen molar-refractivity contribution in [2.24, 2.45) is 13.0 Å². The number of nitrogens with one attached hydrogen (secondary N) is 1. The van der Waals surface area contributed by atoms with E-state index in [0.29, 0.717) is 25.9 Å². The summed E-state index contributed by atoms with van der Waals surface area (Å²) >= 11 is 0. The molecule has 0 saturated carbocycles. The van der Waals surface area contributed by atoms with E-state index in [1.807, 2.05) is 42.1 Å². The van der Waals surface area contributed by atoms with Crippen molar-refractivity contribution in [2.75, 3.05) is 18.4 Å². The zero-order valence-electron chi connectivity index (χ0n) is 15.8. The molecule has 146 valence electrons. The number of fused-ring (bicyclic) bond motifs is 1. The van der Waals surface area contributed by atoms with Gasteiger partial charge in [-0.3, -0.25) is 0 Å². The molecule has 1 fully saturated rings. The maximum absolute atomic E-state index is 13.1. The highest BCUT2D eigenvalue weighted by molar-refractivity contribution is 6.00. The Kier molecular flexibility index (Phi) is 5.05. The second-order valence-corrected chi connectivity index (χ2v) is 7.42. The molecule has 3 aromatic rings. The molecule has 0 spiro atoms. The van der Waals surface area contributed by atoms with Crippen molar-refractivity contribution in [1.82, 2.24) is 9.47 Å². The molecule has 6 heteroatoms. The number of aromatic nitrogens is 1. The van der Waals surface area contributed by atoms with Crippen molar-refractivity contribution in [3.63, 3.8) is 0 Å². The monoisotopic (exact) mass is 381 g/mol. The van der Waals surface area contributed by atoms with Gasteiger partial charge in [0.15, 0.2) is 0 Å². The lowest BCUT2D eigenvalue weighted by molar-refractivity contribution is 0.0682. The number of halogens is 1. The number of rotatable bonds is 3. The van der Waals surface area contributed by atoms with E-state index in [2.05, 4.69) is 5.32 Å². The van der Waals surface area contributed by atoms with Crippen LogP contribution in [0.25, 0.3) is 10.9 Å². The molecule has 1 atom stereocenters. The third-order valence-corrected chi connectivity index (χ3v) is 5.62. The third-order valence-electron chi connectivity index (χ3n) is 5.62. The Morgan fingerprint density at radius 1 is 1.14 bits per heavy atom. The predicted octanol–water partition coefficient (Wildman–Crippen LogP) is 4.29. The fraction of sp³-hybridized carbons (Fsp3) is 0.318. The van der Waals surface area contributed by atoms with Gasteiger partial charge in [0.1, 0.15) is 5.82 Å². The summed E-state index contributed by atoms with van der Waals surface area (Å²) in [5.41, 5.74) is 2.51. The molecule has 0 radical (unpaired) electrons. The topological polar surface area (TPSA) is 57.5 Å². The number of carbonyl (C=O) groups is 1. The first-order valence-electron chi connectivity index (χ1n) is 9.56. The molecule has 2 heterocycles. The number of hydrogen-bond acceptors (Lipinski definition) is 2. The fourth-order valence-electron chi connectivity index (χ4n) is 4.00. The summed E-state index contributed by atoms with van der Waals surface area (Å²) in [5.74, 6) is -0.249. The fourth-order valence-corrected chi connectivity index (χ4v) is 4.00. The van der Waals surface area contributed by atoms with Crippen LogP contribution in [0.15, 0.2) is 54.7 Å². The van der Waals surface area contributed by atoms with Crippen molar-refractivity contribution in [3.8, 4) is 0 Å².